The highest BCUT2D eigenvalue weighted by Gasteiger charge is 2.27. The van der Waals surface area contributed by atoms with Gasteiger partial charge in [0, 0.05) is 28.2 Å². The van der Waals surface area contributed by atoms with Crippen molar-refractivity contribution in [3.8, 4) is 0 Å². The molecule has 0 unspecified atom stereocenters. The Morgan fingerprint density at radius 2 is 1.80 bits per heavy atom. The normalized spacial score (nSPS) is 9.87. The number of nitrogens with one attached hydrogen (secondary N) is 1. The molecule has 0 atom stereocenters. The number of aromatic nitrogens is 2. The highest BCUT2D eigenvalue weighted by atomic mass is 16.2. The zero-order chi connectivity index (χ0) is 11.6. The zero-order valence-corrected chi connectivity index (χ0v) is 9.31. The van der Waals surface area contributed by atoms with Crippen molar-refractivity contribution in [2.45, 2.75) is 0 Å². The van der Waals surface area contributed by atoms with Crippen LogP contribution in [0.4, 0.5) is 4.79 Å². The molecule has 1 aromatic heterocycles. The lowest BCUT2D eigenvalue weighted by Crippen LogP contribution is -2.35. The fourth-order valence-electron chi connectivity index (χ4n) is 1.09. The number of hydrogen-bond donors (Lipinski definition) is 0. The van der Waals surface area contributed by atoms with Crippen molar-refractivity contribution in [3.05, 3.63) is 18.2 Å². The molecule has 0 aliphatic carbocycles. The molecule has 0 radical (unpaired) electrons. The molecule has 15 heavy (non-hydrogen) atoms. The SMILES string of the molecule is CN(C)C(=O)c1[nH+]ccn1C(=O)N(C)C. The predicted octanol–water partition coefficient (Wildman–Crippen LogP) is -0.466. The van der Waals surface area contributed by atoms with E-state index in [-0.39, 0.29) is 17.8 Å². The number of hydrogen-bond acceptors (Lipinski definition) is 2. The summed E-state index contributed by atoms with van der Waals surface area (Å²) in [4.78, 5) is 28.9. The second-order valence-corrected chi connectivity index (χ2v) is 3.56. The fraction of sp³-hybridized carbons (Fsp3) is 0.444. The minimum Gasteiger partial charge on any atom is -0.338 e. The van der Waals surface area contributed by atoms with Crippen molar-refractivity contribution in [1.29, 1.82) is 0 Å². The first kappa shape index (κ1) is 11.2. The molecule has 0 saturated carbocycles. The molecule has 0 aliphatic heterocycles. The van der Waals surface area contributed by atoms with Crippen molar-refractivity contribution in [2.75, 3.05) is 28.2 Å². The summed E-state index contributed by atoms with van der Waals surface area (Å²) >= 11 is 0. The van der Waals surface area contributed by atoms with Crippen molar-refractivity contribution < 1.29 is 14.6 Å². The number of H-pyrrole nitrogens is 1. The average Bonchev–Trinajstić information content (AvgIpc) is 2.63. The first-order valence-electron chi connectivity index (χ1n) is 4.47. The van der Waals surface area contributed by atoms with Gasteiger partial charge in [-0.1, -0.05) is 0 Å². The molecule has 0 aliphatic rings. The van der Waals surface area contributed by atoms with Gasteiger partial charge in [0.2, 0.25) is 0 Å². The number of nitrogens with zero attached hydrogens (tertiary/aromatic N) is 3. The van der Waals surface area contributed by atoms with Gasteiger partial charge < -0.3 is 9.80 Å². The van der Waals surface area contributed by atoms with Crippen LogP contribution >= 0.6 is 0 Å². The van der Waals surface area contributed by atoms with Gasteiger partial charge in [-0.05, 0) is 0 Å². The zero-order valence-electron chi connectivity index (χ0n) is 9.31. The largest absolute Gasteiger partial charge is 0.415 e. The highest BCUT2D eigenvalue weighted by Crippen LogP contribution is 1.98. The number of carbonyl (C=O) groups excluding carboxylic acids is 2. The number of carbonyl (C=O) groups is 2. The minimum atomic E-state index is -0.263. The first-order chi connectivity index (χ1) is 6.95. The van der Waals surface area contributed by atoms with Crippen LogP contribution in [0.2, 0.25) is 0 Å². The monoisotopic (exact) mass is 211 g/mol. The Bertz CT molecular complexity index is 347. The van der Waals surface area contributed by atoms with Crippen molar-refractivity contribution in [3.63, 3.8) is 0 Å². The highest BCUT2D eigenvalue weighted by molar-refractivity contribution is 5.93. The van der Waals surface area contributed by atoms with E-state index in [4.69, 9.17) is 0 Å². The molecule has 0 fully saturated rings. The number of rotatable bonds is 1. The van der Waals surface area contributed by atoms with Gasteiger partial charge in [-0.25, -0.2) is 9.78 Å². The molecule has 0 aromatic carbocycles. The summed E-state index contributed by atoms with van der Waals surface area (Å²) in [6.07, 6.45) is 3.08. The number of amides is 2. The van der Waals surface area contributed by atoms with Gasteiger partial charge in [-0.15, -0.1) is 4.57 Å². The summed E-state index contributed by atoms with van der Waals surface area (Å²) < 4.78 is 1.28. The Kier molecular flexibility index (Phi) is 3.08. The van der Waals surface area contributed by atoms with E-state index in [1.54, 1.807) is 34.4 Å². The Morgan fingerprint density at radius 3 is 2.27 bits per heavy atom. The maximum Gasteiger partial charge on any atom is 0.415 e. The lowest BCUT2D eigenvalue weighted by atomic mass is 10.5. The third kappa shape index (κ3) is 2.15. The molecule has 1 heterocycles. The molecule has 1 rings (SSSR count). The van der Waals surface area contributed by atoms with Gasteiger partial charge >= 0.3 is 17.8 Å². The lowest BCUT2D eigenvalue weighted by molar-refractivity contribution is -0.381. The van der Waals surface area contributed by atoms with E-state index >= 15 is 0 Å². The molecule has 1 aromatic rings. The molecule has 0 saturated heterocycles. The molecule has 1 N–H and O–H groups in total. The van der Waals surface area contributed by atoms with Gasteiger partial charge in [0.25, 0.3) is 0 Å². The van der Waals surface area contributed by atoms with Crippen molar-refractivity contribution in [1.82, 2.24) is 14.4 Å². The van der Waals surface area contributed by atoms with Crippen molar-refractivity contribution >= 4 is 11.9 Å². The average molecular weight is 211 g/mol. The summed E-state index contributed by atoms with van der Waals surface area (Å²) in [5, 5.41) is 0. The van der Waals surface area contributed by atoms with Crippen LogP contribution in [0.1, 0.15) is 10.6 Å². The number of aromatic amines is 1. The molecule has 6 nitrogen and oxygen atoms in total. The summed E-state index contributed by atoms with van der Waals surface area (Å²) in [5.41, 5.74) is 0. The lowest BCUT2D eigenvalue weighted by Gasteiger charge is -2.09. The van der Waals surface area contributed by atoms with E-state index in [1.807, 2.05) is 0 Å². The van der Waals surface area contributed by atoms with E-state index in [0.717, 1.165) is 0 Å². The van der Waals surface area contributed by atoms with Gasteiger partial charge in [0.05, 0.1) is 0 Å². The Morgan fingerprint density at radius 1 is 1.20 bits per heavy atom. The Labute approximate surface area is 88.1 Å². The van der Waals surface area contributed by atoms with Crippen LogP contribution in [0.5, 0.6) is 0 Å². The molecular formula is C9H15N4O2+. The number of imidazole rings is 1. The maximum absolute atomic E-state index is 11.7. The Balaban J connectivity index is 3.07. The first-order valence-corrected chi connectivity index (χ1v) is 4.47. The van der Waals surface area contributed by atoms with E-state index < -0.39 is 0 Å². The van der Waals surface area contributed by atoms with Crippen LogP contribution in [0.25, 0.3) is 0 Å². The van der Waals surface area contributed by atoms with Crippen LogP contribution in [0, 0.1) is 0 Å². The van der Waals surface area contributed by atoms with Crippen LogP contribution in [-0.2, 0) is 0 Å². The summed E-state index contributed by atoms with van der Waals surface area (Å²) in [5.74, 6) is 0.00824. The predicted molar refractivity (Wildman–Crippen MR) is 53.5 cm³/mol. The van der Waals surface area contributed by atoms with Gasteiger partial charge in [-0.2, -0.15) is 0 Å². The third-order valence-electron chi connectivity index (χ3n) is 1.88. The smallest absolute Gasteiger partial charge is 0.338 e. The molecule has 0 bridgehead atoms. The van der Waals surface area contributed by atoms with E-state index in [0.29, 0.717) is 0 Å². The van der Waals surface area contributed by atoms with Gasteiger partial charge in [0.15, 0.2) is 0 Å². The Hall–Kier alpha value is -1.85. The molecule has 6 heteroatoms. The standard InChI is InChI=1S/C9H14N4O2/c1-11(2)8(14)7-10-5-6-13(7)9(15)12(3)4/h5-6H,1-4H3/p+1. The summed E-state index contributed by atoms with van der Waals surface area (Å²) in [7, 11) is 6.53. The topological polar surface area (TPSA) is 59.7 Å². The second-order valence-electron chi connectivity index (χ2n) is 3.56. The van der Waals surface area contributed by atoms with Crippen LogP contribution in [0.3, 0.4) is 0 Å². The molecule has 2 amide bonds. The fourth-order valence-corrected chi connectivity index (χ4v) is 1.09. The molecule has 0 spiro atoms. The van der Waals surface area contributed by atoms with Crippen LogP contribution in [0.15, 0.2) is 12.4 Å². The molecular weight excluding hydrogens is 196 g/mol. The van der Waals surface area contributed by atoms with Crippen LogP contribution < -0.4 is 4.98 Å². The van der Waals surface area contributed by atoms with Crippen molar-refractivity contribution in [2.24, 2.45) is 0 Å². The minimum absolute atomic E-state index is 0.241. The second kappa shape index (κ2) is 4.12. The van der Waals surface area contributed by atoms with E-state index in [9.17, 15) is 9.59 Å². The summed E-state index contributed by atoms with van der Waals surface area (Å²) in [6.45, 7) is 0. The maximum atomic E-state index is 11.7. The van der Waals surface area contributed by atoms with E-state index in [2.05, 4.69) is 4.98 Å². The third-order valence-corrected chi connectivity index (χ3v) is 1.88. The van der Waals surface area contributed by atoms with Gasteiger partial charge in [0.1, 0.15) is 12.4 Å². The van der Waals surface area contributed by atoms with E-state index in [1.165, 1.54) is 20.6 Å². The van der Waals surface area contributed by atoms with Gasteiger partial charge in [-0.3, -0.25) is 4.79 Å². The quantitative estimate of drug-likeness (QED) is 0.630. The molecule has 82 valence electrons. The summed E-state index contributed by atoms with van der Waals surface area (Å²) in [6, 6.07) is -0.263. The van der Waals surface area contributed by atoms with Crippen LogP contribution in [-0.4, -0.2) is 54.5 Å².